The minimum Gasteiger partial charge on any atom is -0.378 e. The number of nitrogens with zero attached hydrogens (tertiary/aromatic N) is 3. The van der Waals surface area contributed by atoms with Gasteiger partial charge in [0, 0.05) is 28.6 Å². The summed E-state index contributed by atoms with van der Waals surface area (Å²) in [6, 6.07) is 7.91. The highest BCUT2D eigenvalue weighted by molar-refractivity contribution is 5.91. The number of hydrogen-bond acceptors (Lipinski definition) is 5. The molecule has 6 heteroatoms. The molecule has 0 amide bonds. The maximum absolute atomic E-state index is 10.6. The lowest BCUT2D eigenvalue weighted by atomic mass is 9.85. The van der Waals surface area contributed by atoms with Crippen LogP contribution in [0.2, 0.25) is 0 Å². The summed E-state index contributed by atoms with van der Waals surface area (Å²) in [4.78, 5) is 8.76. The average Bonchev–Trinajstić information content (AvgIpc) is 3.46. The number of benzene rings is 1. The number of rotatable bonds is 3. The molecule has 2 aliphatic rings. The smallest absolute Gasteiger partial charge is 0.153 e. The van der Waals surface area contributed by atoms with Crippen LogP contribution in [0.15, 0.2) is 30.6 Å². The Morgan fingerprint density at radius 2 is 1.96 bits per heavy atom. The van der Waals surface area contributed by atoms with Crippen molar-refractivity contribution in [2.45, 2.75) is 56.5 Å². The second kappa shape index (κ2) is 6.92. The lowest BCUT2D eigenvalue weighted by Crippen LogP contribution is -2.29. The molecule has 28 heavy (non-hydrogen) atoms. The number of aromatic nitrogens is 4. The number of aromatic amines is 1. The molecular weight excluding hydrogens is 350 g/mol. The summed E-state index contributed by atoms with van der Waals surface area (Å²) in [5.41, 5.74) is 2.02. The van der Waals surface area contributed by atoms with Crippen molar-refractivity contribution in [2.24, 2.45) is 0 Å². The molecule has 0 unspecified atom stereocenters. The van der Waals surface area contributed by atoms with E-state index >= 15 is 0 Å². The van der Waals surface area contributed by atoms with Gasteiger partial charge in [-0.25, -0.2) is 9.97 Å². The molecule has 0 spiro atoms. The molecular formula is C22H23N5O. The molecule has 3 N–H and O–H groups in total. The Labute approximate surface area is 163 Å². The number of fused-ring (bicyclic) bond motifs is 1. The van der Waals surface area contributed by atoms with Crippen LogP contribution in [0.25, 0.3) is 10.9 Å². The normalized spacial score (nSPS) is 18.5. The third kappa shape index (κ3) is 3.58. The van der Waals surface area contributed by atoms with Gasteiger partial charge in [0.1, 0.15) is 17.7 Å². The topological polar surface area (TPSA) is 86.7 Å². The Kier molecular flexibility index (Phi) is 4.25. The molecule has 2 fully saturated rings. The highest BCUT2D eigenvalue weighted by atomic mass is 16.3. The predicted molar refractivity (Wildman–Crippen MR) is 108 cm³/mol. The number of anilines is 2. The fraction of sp³-hybridized carbons (Fsp3) is 0.409. The van der Waals surface area contributed by atoms with Crippen molar-refractivity contribution in [3.8, 4) is 11.8 Å². The van der Waals surface area contributed by atoms with E-state index in [1.54, 1.807) is 6.33 Å². The van der Waals surface area contributed by atoms with Gasteiger partial charge in [0.15, 0.2) is 5.82 Å². The van der Waals surface area contributed by atoms with Gasteiger partial charge in [0.05, 0.1) is 5.52 Å². The fourth-order valence-corrected chi connectivity index (χ4v) is 3.81. The molecule has 5 rings (SSSR count). The molecule has 1 aromatic carbocycles. The fourth-order valence-electron chi connectivity index (χ4n) is 3.81. The Balaban J connectivity index is 1.44. The van der Waals surface area contributed by atoms with Crippen LogP contribution in [0.4, 0.5) is 11.6 Å². The molecule has 0 radical (unpaired) electrons. The van der Waals surface area contributed by atoms with Crippen molar-refractivity contribution in [2.75, 3.05) is 5.32 Å². The van der Waals surface area contributed by atoms with Gasteiger partial charge in [-0.2, -0.15) is 5.10 Å². The van der Waals surface area contributed by atoms with Crippen molar-refractivity contribution < 1.29 is 5.11 Å². The van der Waals surface area contributed by atoms with E-state index in [0.29, 0.717) is 11.7 Å². The van der Waals surface area contributed by atoms with E-state index < -0.39 is 5.60 Å². The highest BCUT2D eigenvalue weighted by Gasteiger charge is 2.27. The molecule has 142 valence electrons. The lowest BCUT2D eigenvalue weighted by molar-refractivity contribution is 0.0610. The van der Waals surface area contributed by atoms with Crippen molar-refractivity contribution in [3.05, 3.63) is 41.9 Å². The van der Waals surface area contributed by atoms with Crippen molar-refractivity contribution in [1.82, 2.24) is 20.2 Å². The van der Waals surface area contributed by atoms with Crippen molar-refractivity contribution in [3.63, 3.8) is 0 Å². The van der Waals surface area contributed by atoms with Crippen molar-refractivity contribution in [1.29, 1.82) is 0 Å². The van der Waals surface area contributed by atoms with E-state index in [9.17, 15) is 5.11 Å². The standard InChI is InChI=1S/C22H23N5O/c28-22(9-2-1-3-10-22)11-8-15-4-7-18-17(12-15)21(24-14-23-18)25-20-13-19(26-27-20)16-5-6-16/h4,7,12-14,16,28H,1-3,5-6,9-10H2,(H2,23,24,25,26,27). The largest absolute Gasteiger partial charge is 0.378 e. The van der Waals surface area contributed by atoms with Crippen LogP contribution >= 0.6 is 0 Å². The van der Waals surface area contributed by atoms with Crippen LogP contribution in [-0.4, -0.2) is 30.9 Å². The van der Waals surface area contributed by atoms with Gasteiger partial charge in [-0.1, -0.05) is 18.3 Å². The van der Waals surface area contributed by atoms with Gasteiger partial charge in [-0.15, -0.1) is 0 Å². The van der Waals surface area contributed by atoms with Crippen LogP contribution in [0.3, 0.4) is 0 Å². The van der Waals surface area contributed by atoms with E-state index in [1.165, 1.54) is 25.0 Å². The van der Waals surface area contributed by atoms with Gasteiger partial charge in [-0.05, 0) is 56.7 Å². The molecule has 0 bridgehead atoms. The minimum atomic E-state index is -0.851. The molecule has 2 saturated carbocycles. The van der Waals surface area contributed by atoms with Crippen LogP contribution < -0.4 is 5.32 Å². The Bertz CT molecular complexity index is 1070. The maximum Gasteiger partial charge on any atom is 0.153 e. The van der Waals surface area contributed by atoms with E-state index in [1.807, 2.05) is 24.3 Å². The first-order chi connectivity index (χ1) is 13.7. The quantitative estimate of drug-likeness (QED) is 0.604. The summed E-state index contributed by atoms with van der Waals surface area (Å²) >= 11 is 0. The third-order valence-corrected chi connectivity index (χ3v) is 5.62. The van der Waals surface area contributed by atoms with Crippen LogP contribution in [0.5, 0.6) is 0 Å². The molecule has 0 saturated heterocycles. The Morgan fingerprint density at radius 3 is 2.79 bits per heavy atom. The van der Waals surface area contributed by atoms with E-state index in [-0.39, 0.29) is 0 Å². The predicted octanol–water partition coefficient (Wildman–Crippen LogP) is 4.02. The van der Waals surface area contributed by atoms with Gasteiger partial charge in [0.2, 0.25) is 0 Å². The molecule has 2 aromatic heterocycles. The van der Waals surface area contributed by atoms with Gasteiger partial charge in [0.25, 0.3) is 0 Å². The first kappa shape index (κ1) is 17.2. The van der Waals surface area contributed by atoms with Gasteiger partial charge in [-0.3, -0.25) is 5.10 Å². The number of nitrogens with one attached hydrogen (secondary N) is 2. The zero-order valence-electron chi connectivity index (χ0n) is 15.7. The summed E-state index contributed by atoms with van der Waals surface area (Å²) in [7, 11) is 0. The van der Waals surface area contributed by atoms with Crippen molar-refractivity contribution >= 4 is 22.5 Å². The zero-order valence-corrected chi connectivity index (χ0v) is 15.7. The second-order valence-electron chi connectivity index (χ2n) is 7.90. The molecule has 0 aliphatic heterocycles. The molecule has 3 aromatic rings. The van der Waals surface area contributed by atoms with Crippen LogP contribution in [0, 0.1) is 11.8 Å². The molecule has 0 atom stereocenters. The first-order valence-electron chi connectivity index (χ1n) is 10.0. The van der Waals surface area contributed by atoms with Crippen LogP contribution in [-0.2, 0) is 0 Å². The molecule has 2 heterocycles. The summed E-state index contributed by atoms with van der Waals surface area (Å²) in [5.74, 6) is 8.35. The average molecular weight is 373 g/mol. The second-order valence-corrected chi connectivity index (χ2v) is 7.90. The van der Waals surface area contributed by atoms with E-state index in [0.717, 1.165) is 48.0 Å². The summed E-state index contributed by atoms with van der Waals surface area (Å²) in [6.45, 7) is 0. The zero-order chi connectivity index (χ0) is 19.0. The Hall–Kier alpha value is -2.91. The molecule has 2 aliphatic carbocycles. The highest BCUT2D eigenvalue weighted by Crippen LogP contribution is 2.39. The summed E-state index contributed by atoms with van der Waals surface area (Å²) in [6.07, 6.45) is 8.78. The van der Waals surface area contributed by atoms with E-state index in [2.05, 4.69) is 37.3 Å². The minimum absolute atomic E-state index is 0.623. The number of hydrogen-bond donors (Lipinski definition) is 3. The number of aliphatic hydroxyl groups is 1. The van der Waals surface area contributed by atoms with Crippen LogP contribution in [0.1, 0.15) is 62.1 Å². The molecule has 6 nitrogen and oxygen atoms in total. The van der Waals surface area contributed by atoms with Gasteiger partial charge >= 0.3 is 0 Å². The number of H-pyrrole nitrogens is 1. The van der Waals surface area contributed by atoms with Gasteiger partial charge < -0.3 is 10.4 Å². The third-order valence-electron chi connectivity index (χ3n) is 5.62. The monoisotopic (exact) mass is 373 g/mol. The lowest BCUT2D eigenvalue weighted by Gasteiger charge is -2.26. The first-order valence-corrected chi connectivity index (χ1v) is 10.0. The van der Waals surface area contributed by atoms with E-state index in [4.69, 9.17) is 0 Å². The summed E-state index contributed by atoms with van der Waals surface area (Å²) in [5, 5.41) is 22.3. The summed E-state index contributed by atoms with van der Waals surface area (Å²) < 4.78 is 0. The maximum atomic E-state index is 10.6. The Morgan fingerprint density at radius 1 is 1.11 bits per heavy atom. The SMILES string of the molecule is OC1(C#Cc2ccc3ncnc(Nc4cc(C5CC5)[nH]n4)c3c2)CCCCC1.